The van der Waals surface area contributed by atoms with Crippen molar-refractivity contribution < 1.29 is 14.3 Å². The van der Waals surface area contributed by atoms with E-state index in [1.165, 1.54) is 4.57 Å². The fraction of sp³-hybridized carbons (Fsp3) is 0.286. The number of carbonyl (C=O) groups excluding carboxylic acids is 1. The van der Waals surface area contributed by atoms with Crippen LogP contribution in [0.1, 0.15) is 5.56 Å². The molecule has 0 unspecified atom stereocenters. The van der Waals surface area contributed by atoms with Crippen LogP contribution < -0.4 is 19.9 Å². The predicted octanol–water partition coefficient (Wildman–Crippen LogP) is 2.43. The van der Waals surface area contributed by atoms with E-state index in [0.29, 0.717) is 22.4 Å². The van der Waals surface area contributed by atoms with Gasteiger partial charge in [-0.1, -0.05) is 0 Å². The number of aromatic nitrogens is 2. The molecule has 2 heterocycles. The van der Waals surface area contributed by atoms with E-state index in [9.17, 15) is 9.59 Å². The molecule has 0 radical (unpaired) electrons. The summed E-state index contributed by atoms with van der Waals surface area (Å²) in [7, 11) is 8.62. The summed E-state index contributed by atoms with van der Waals surface area (Å²) < 4.78 is 12.5. The Bertz CT molecular complexity index is 1080. The lowest BCUT2D eigenvalue weighted by Gasteiger charge is -2.17. The molecule has 7 heteroatoms. The van der Waals surface area contributed by atoms with E-state index in [2.05, 4.69) is 4.98 Å². The van der Waals surface area contributed by atoms with Gasteiger partial charge < -0.3 is 23.7 Å². The minimum absolute atomic E-state index is 0.118. The van der Waals surface area contributed by atoms with Crippen LogP contribution in [0.5, 0.6) is 11.5 Å². The smallest absolute Gasteiger partial charge is 0.259 e. The van der Waals surface area contributed by atoms with Crippen LogP contribution in [0.2, 0.25) is 0 Å². The summed E-state index contributed by atoms with van der Waals surface area (Å²) in [6.07, 6.45) is 4.40. The molecule has 0 amide bonds. The highest BCUT2D eigenvalue weighted by molar-refractivity contribution is 5.97. The van der Waals surface area contributed by atoms with Gasteiger partial charge in [0.1, 0.15) is 23.6 Å². The summed E-state index contributed by atoms with van der Waals surface area (Å²) >= 11 is 0. The zero-order valence-corrected chi connectivity index (χ0v) is 16.6. The number of pyridine rings is 2. The van der Waals surface area contributed by atoms with Crippen LogP contribution in [0.4, 0.5) is 5.82 Å². The highest BCUT2D eigenvalue weighted by atomic mass is 16.5. The number of aldehydes is 1. The number of benzene rings is 1. The van der Waals surface area contributed by atoms with Gasteiger partial charge in [-0.3, -0.25) is 4.79 Å². The van der Waals surface area contributed by atoms with E-state index in [1.807, 2.05) is 37.2 Å². The number of carbonyl (C=O) groups is 1. The zero-order valence-electron chi connectivity index (χ0n) is 16.6. The average molecular weight is 381 g/mol. The molecule has 0 saturated heterocycles. The number of ether oxygens (including phenoxy) is 2. The van der Waals surface area contributed by atoms with Gasteiger partial charge in [0.25, 0.3) is 5.56 Å². The SMILES string of the molecule is COc1cc(-c2cn(C)c(=O)c3cnc(N(C)C)cc23)cc(OC)c1CC=O. The monoisotopic (exact) mass is 381 g/mol. The van der Waals surface area contributed by atoms with Gasteiger partial charge in [-0.25, -0.2) is 4.98 Å². The molecular weight excluding hydrogens is 358 g/mol. The molecule has 3 aromatic rings. The third kappa shape index (κ3) is 3.31. The quantitative estimate of drug-likeness (QED) is 0.611. The number of hydrogen-bond acceptors (Lipinski definition) is 6. The van der Waals surface area contributed by atoms with Crippen LogP contribution in [0.3, 0.4) is 0 Å². The molecule has 28 heavy (non-hydrogen) atoms. The summed E-state index contributed by atoms with van der Waals surface area (Å²) in [5.41, 5.74) is 2.23. The highest BCUT2D eigenvalue weighted by Crippen LogP contribution is 2.37. The Balaban J connectivity index is 2.37. The van der Waals surface area contributed by atoms with Crippen molar-refractivity contribution in [1.29, 1.82) is 0 Å². The summed E-state index contributed by atoms with van der Waals surface area (Å²) in [4.78, 5) is 29.9. The van der Waals surface area contributed by atoms with Crippen LogP contribution in [-0.4, -0.2) is 44.2 Å². The highest BCUT2D eigenvalue weighted by Gasteiger charge is 2.17. The van der Waals surface area contributed by atoms with Crippen molar-refractivity contribution in [3.8, 4) is 22.6 Å². The van der Waals surface area contributed by atoms with E-state index in [4.69, 9.17) is 9.47 Å². The standard InChI is InChI=1S/C21H23N3O4/c1-23(2)20-10-15-16(11-22-20)21(26)24(3)12-17(15)13-8-18(27-4)14(6-7-25)19(9-13)28-5/h7-12H,6H2,1-5H3. The number of fused-ring (bicyclic) bond motifs is 1. The molecular formula is C21H23N3O4. The van der Waals surface area contributed by atoms with Gasteiger partial charge in [-0.15, -0.1) is 0 Å². The second kappa shape index (κ2) is 7.72. The van der Waals surface area contributed by atoms with Crippen LogP contribution in [-0.2, 0) is 18.3 Å². The minimum Gasteiger partial charge on any atom is -0.496 e. The Morgan fingerprint density at radius 3 is 2.29 bits per heavy atom. The van der Waals surface area contributed by atoms with Gasteiger partial charge in [0.15, 0.2) is 0 Å². The van der Waals surface area contributed by atoms with Crippen LogP contribution >= 0.6 is 0 Å². The first-order valence-corrected chi connectivity index (χ1v) is 8.76. The third-order valence-electron chi connectivity index (χ3n) is 4.72. The first kappa shape index (κ1) is 19.4. The van der Waals surface area contributed by atoms with Crippen LogP contribution in [0, 0.1) is 0 Å². The lowest BCUT2D eigenvalue weighted by Crippen LogP contribution is -2.18. The maximum Gasteiger partial charge on any atom is 0.259 e. The number of rotatable bonds is 6. The molecule has 0 aliphatic carbocycles. The summed E-state index contributed by atoms with van der Waals surface area (Å²) in [6.45, 7) is 0. The average Bonchev–Trinajstić information content (AvgIpc) is 2.70. The predicted molar refractivity (Wildman–Crippen MR) is 110 cm³/mol. The molecule has 146 valence electrons. The third-order valence-corrected chi connectivity index (χ3v) is 4.72. The molecule has 7 nitrogen and oxygen atoms in total. The van der Waals surface area contributed by atoms with Crippen molar-refractivity contribution in [1.82, 2.24) is 9.55 Å². The molecule has 0 N–H and O–H groups in total. The molecule has 2 aromatic heterocycles. The summed E-state index contributed by atoms with van der Waals surface area (Å²) in [5, 5.41) is 1.31. The van der Waals surface area contributed by atoms with Gasteiger partial charge in [-0.05, 0) is 23.8 Å². The summed E-state index contributed by atoms with van der Waals surface area (Å²) in [5.74, 6) is 1.87. The van der Waals surface area contributed by atoms with Gasteiger partial charge in [0, 0.05) is 56.5 Å². The second-order valence-electron chi connectivity index (χ2n) is 6.67. The Labute approximate surface area is 163 Å². The lowest BCUT2D eigenvalue weighted by atomic mass is 9.98. The van der Waals surface area contributed by atoms with Gasteiger partial charge in [-0.2, -0.15) is 0 Å². The zero-order chi connectivity index (χ0) is 20.4. The number of nitrogens with zero attached hydrogens (tertiary/aromatic N) is 3. The molecule has 0 aliphatic heterocycles. The molecule has 3 rings (SSSR count). The lowest BCUT2D eigenvalue weighted by molar-refractivity contribution is -0.107. The molecule has 0 aliphatic rings. The molecule has 0 saturated carbocycles. The minimum atomic E-state index is -0.118. The fourth-order valence-corrected chi connectivity index (χ4v) is 3.25. The van der Waals surface area contributed by atoms with Crippen molar-refractivity contribution in [2.75, 3.05) is 33.2 Å². The largest absolute Gasteiger partial charge is 0.496 e. The Hall–Kier alpha value is -3.35. The van der Waals surface area contributed by atoms with Crippen molar-refractivity contribution >= 4 is 22.9 Å². The molecule has 0 fully saturated rings. The number of methoxy groups -OCH3 is 2. The van der Waals surface area contributed by atoms with E-state index >= 15 is 0 Å². The van der Waals surface area contributed by atoms with Crippen molar-refractivity contribution in [3.63, 3.8) is 0 Å². The van der Waals surface area contributed by atoms with Crippen molar-refractivity contribution in [2.24, 2.45) is 7.05 Å². The van der Waals surface area contributed by atoms with Crippen LogP contribution in [0.25, 0.3) is 21.9 Å². The van der Waals surface area contributed by atoms with Gasteiger partial charge in [0.2, 0.25) is 0 Å². The number of aryl methyl sites for hydroxylation is 1. The topological polar surface area (TPSA) is 73.7 Å². The number of hydrogen-bond donors (Lipinski definition) is 0. The molecule has 0 atom stereocenters. The normalized spacial score (nSPS) is 10.8. The number of anilines is 1. The summed E-state index contributed by atoms with van der Waals surface area (Å²) in [6, 6.07) is 5.61. The first-order valence-electron chi connectivity index (χ1n) is 8.76. The van der Waals surface area contributed by atoms with E-state index in [1.54, 1.807) is 33.7 Å². The van der Waals surface area contributed by atoms with E-state index < -0.39 is 0 Å². The first-order chi connectivity index (χ1) is 13.4. The molecule has 1 aromatic carbocycles. The van der Waals surface area contributed by atoms with Gasteiger partial charge >= 0.3 is 0 Å². The maximum absolute atomic E-state index is 12.6. The van der Waals surface area contributed by atoms with Crippen molar-refractivity contribution in [2.45, 2.75) is 6.42 Å². The van der Waals surface area contributed by atoms with Crippen LogP contribution in [0.15, 0.2) is 35.4 Å². The fourth-order valence-electron chi connectivity index (χ4n) is 3.25. The second-order valence-corrected chi connectivity index (χ2v) is 6.67. The maximum atomic E-state index is 12.6. The Morgan fingerprint density at radius 1 is 1.11 bits per heavy atom. The van der Waals surface area contributed by atoms with E-state index in [-0.39, 0.29) is 12.0 Å². The molecule has 0 spiro atoms. The Morgan fingerprint density at radius 2 is 1.75 bits per heavy atom. The molecule has 0 bridgehead atoms. The van der Waals surface area contributed by atoms with Gasteiger partial charge in [0.05, 0.1) is 19.6 Å². The van der Waals surface area contributed by atoms with Crippen molar-refractivity contribution in [3.05, 3.63) is 46.5 Å². The Kier molecular flexibility index (Phi) is 5.35. The van der Waals surface area contributed by atoms with E-state index in [0.717, 1.165) is 28.6 Å².